The lowest BCUT2D eigenvalue weighted by Crippen LogP contribution is -2.28. The minimum Gasteiger partial charge on any atom is -0.371 e. The molecule has 1 aromatic carbocycles. The topological polar surface area (TPSA) is 44.4 Å². The Kier molecular flexibility index (Phi) is 5.58. The molecule has 0 aliphatic heterocycles. The number of para-hydroxylation sites is 1. The van der Waals surface area contributed by atoms with Crippen molar-refractivity contribution in [2.24, 2.45) is 0 Å². The number of nitrogens with one attached hydrogen (secondary N) is 2. The summed E-state index contributed by atoms with van der Waals surface area (Å²) in [5.41, 5.74) is 1.44. The molecule has 1 rings (SSSR count). The lowest BCUT2D eigenvalue weighted by molar-refractivity contribution is -0.120. The van der Waals surface area contributed by atoms with E-state index in [1.54, 1.807) is 25.1 Å². The highest BCUT2D eigenvalue weighted by Gasteiger charge is 2.13. The standard InChI is InChI=1S/C13H20FN3O/c1-15-9-10-5-4-6-11(14)13(10)17(3)8-7-12(18)16-2/h4-6,15H,7-9H2,1-3H3,(H,16,18). The molecule has 0 atom stereocenters. The first kappa shape index (κ1) is 14.4. The van der Waals surface area contributed by atoms with Crippen LogP contribution in [0.5, 0.6) is 0 Å². The molecule has 0 aliphatic rings. The Labute approximate surface area is 107 Å². The average Bonchev–Trinajstić information content (AvgIpc) is 2.36. The van der Waals surface area contributed by atoms with E-state index in [9.17, 15) is 9.18 Å². The smallest absolute Gasteiger partial charge is 0.221 e. The fourth-order valence-electron chi connectivity index (χ4n) is 1.83. The lowest BCUT2D eigenvalue weighted by atomic mass is 10.1. The molecular weight excluding hydrogens is 233 g/mol. The summed E-state index contributed by atoms with van der Waals surface area (Å²) >= 11 is 0. The van der Waals surface area contributed by atoms with Gasteiger partial charge in [0.05, 0.1) is 5.69 Å². The molecule has 0 fully saturated rings. The third-order valence-corrected chi connectivity index (χ3v) is 2.77. The van der Waals surface area contributed by atoms with Crippen LogP contribution in [0.1, 0.15) is 12.0 Å². The maximum atomic E-state index is 13.9. The Hall–Kier alpha value is -1.62. The van der Waals surface area contributed by atoms with Crippen LogP contribution in [-0.2, 0) is 11.3 Å². The summed E-state index contributed by atoms with van der Waals surface area (Å²) in [5.74, 6) is -0.310. The number of hydrogen-bond acceptors (Lipinski definition) is 3. The molecular formula is C13H20FN3O. The monoisotopic (exact) mass is 253 g/mol. The summed E-state index contributed by atoms with van der Waals surface area (Å²) in [6, 6.07) is 5.01. The average molecular weight is 253 g/mol. The number of rotatable bonds is 6. The van der Waals surface area contributed by atoms with Crippen LogP contribution < -0.4 is 15.5 Å². The van der Waals surface area contributed by atoms with E-state index in [2.05, 4.69) is 10.6 Å². The summed E-state index contributed by atoms with van der Waals surface area (Å²) < 4.78 is 13.9. The van der Waals surface area contributed by atoms with Gasteiger partial charge >= 0.3 is 0 Å². The van der Waals surface area contributed by atoms with Gasteiger partial charge in [-0.15, -0.1) is 0 Å². The molecule has 0 spiro atoms. The van der Waals surface area contributed by atoms with Crippen molar-refractivity contribution >= 4 is 11.6 Å². The molecule has 0 saturated carbocycles. The summed E-state index contributed by atoms with van der Waals surface area (Å²) in [4.78, 5) is 13.0. The summed E-state index contributed by atoms with van der Waals surface area (Å²) in [6.07, 6.45) is 0.348. The first-order valence-corrected chi connectivity index (χ1v) is 5.93. The Morgan fingerprint density at radius 2 is 2.11 bits per heavy atom. The molecule has 1 amide bonds. The second kappa shape index (κ2) is 6.96. The molecule has 0 unspecified atom stereocenters. The van der Waals surface area contributed by atoms with Gasteiger partial charge in [-0.25, -0.2) is 4.39 Å². The molecule has 0 radical (unpaired) electrons. The van der Waals surface area contributed by atoms with Crippen molar-refractivity contribution in [3.8, 4) is 0 Å². The highest BCUT2D eigenvalue weighted by Crippen LogP contribution is 2.23. The van der Waals surface area contributed by atoms with Gasteiger partial charge in [0.2, 0.25) is 5.91 Å². The highest BCUT2D eigenvalue weighted by atomic mass is 19.1. The minimum atomic E-state index is -0.262. The van der Waals surface area contributed by atoms with Crippen molar-refractivity contribution < 1.29 is 9.18 Å². The zero-order valence-corrected chi connectivity index (χ0v) is 11.1. The number of hydrogen-bond donors (Lipinski definition) is 2. The highest BCUT2D eigenvalue weighted by molar-refractivity contribution is 5.76. The zero-order chi connectivity index (χ0) is 13.5. The second-order valence-corrected chi connectivity index (χ2v) is 4.12. The maximum absolute atomic E-state index is 13.9. The zero-order valence-electron chi connectivity index (χ0n) is 11.1. The van der Waals surface area contributed by atoms with Gasteiger partial charge in [0, 0.05) is 33.6 Å². The molecule has 100 valence electrons. The number of halogens is 1. The maximum Gasteiger partial charge on any atom is 0.221 e. The van der Waals surface area contributed by atoms with Gasteiger partial charge in [0.15, 0.2) is 0 Å². The van der Waals surface area contributed by atoms with Crippen LogP contribution in [-0.4, -0.2) is 33.6 Å². The van der Waals surface area contributed by atoms with Crippen LogP contribution >= 0.6 is 0 Å². The Morgan fingerprint density at radius 3 is 2.72 bits per heavy atom. The number of anilines is 1. The molecule has 18 heavy (non-hydrogen) atoms. The van der Waals surface area contributed by atoms with E-state index >= 15 is 0 Å². The van der Waals surface area contributed by atoms with E-state index in [1.165, 1.54) is 6.07 Å². The van der Waals surface area contributed by atoms with Crippen LogP contribution in [0.2, 0.25) is 0 Å². The number of nitrogens with zero attached hydrogens (tertiary/aromatic N) is 1. The molecule has 0 saturated heterocycles. The van der Waals surface area contributed by atoms with Gasteiger partial charge in [0.1, 0.15) is 5.82 Å². The predicted molar refractivity (Wildman–Crippen MR) is 71.1 cm³/mol. The van der Waals surface area contributed by atoms with Crippen LogP contribution in [0.25, 0.3) is 0 Å². The van der Waals surface area contributed by atoms with Crippen molar-refractivity contribution in [2.75, 3.05) is 32.6 Å². The third kappa shape index (κ3) is 3.70. The van der Waals surface area contributed by atoms with Crippen molar-refractivity contribution in [3.63, 3.8) is 0 Å². The molecule has 4 nitrogen and oxygen atoms in total. The second-order valence-electron chi connectivity index (χ2n) is 4.12. The first-order valence-electron chi connectivity index (χ1n) is 5.93. The van der Waals surface area contributed by atoms with Gasteiger partial charge in [0.25, 0.3) is 0 Å². The molecule has 5 heteroatoms. The molecule has 1 aromatic rings. The van der Waals surface area contributed by atoms with Crippen molar-refractivity contribution in [3.05, 3.63) is 29.6 Å². The molecule has 0 aromatic heterocycles. The summed E-state index contributed by atoms with van der Waals surface area (Å²) in [5, 5.41) is 5.56. The fraction of sp³-hybridized carbons (Fsp3) is 0.462. The summed E-state index contributed by atoms with van der Waals surface area (Å²) in [6.45, 7) is 1.08. The van der Waals surface area contributed by atoms with E-state index in [0.29, 0.717) is 25.2 Å². The molecule has 0 heterocycles. The lowest BCUT2D eigenvalue weighted by Gasteiger charge is -2.22. The van der Waals surface area contributed by atoms with E-state index in [4.69, 9.17) is 0 Å². The van der Waals surface area contributed by atoms with Crippen molar-refractivity contribution in [1.82, 2.24) is 10.6 Å². The van der Waals surface area contributed by atoms with Gasteiger partial charge < -0.3 is 15.5 Å². The quantitative estimate of drug-likeness (QED) is 0.798. The van der Waals surface area contributed by atoms with Crippen LogP contribution in [0.4, 0.5) is 10.1 Å². The number of carbonyl (C=O) groups is 1. The number of benzene rings is 1. The van der Waals surface area contributed by atoms with Crippen molar-refractivity contribution in [1.29, 1.82) is 0 Å². The first-order chi connectivity index (χ1) is 8.60. The van der Waals surface area contributed by atoms with Crippen LogP contribution in [0, 0.1) is 5.82 Å². The summed E-state index contributed by atoms with van der Waals surface area (Å²) in [7, 11) is 5.21. The Morgan fingerprint density at radius 1 is 1.39 bits per heavy atom. The van der Waals surface area contributed by atoms with Gasteiger partial charge in [-0.05, 0) is 18.7 Å². The van der Waals surface area contributed by atoms with E-state index < -0.39 is 0 Å². The SMILES string of the molecule is CNCc1cccc(F)c1N(C)CCC(=O)NC. The normalized spacial score (nSPS) is 10.2. The third-order valence-electron chi connectivity index (χ3n) is 2.77. The van der Waals surface area contributed by atoms with Crippen molar-refractivity contribution in [2.45, 2.75) is 13.0 Å². The largest absolute Gasteiger partial charge is 0.371 e. The van der Waals surface area contributed by atoms with Gasteiger partial charge in [-0.1, -0.05) is 12.1 Å². The van der Waals surface area contributed by atoms with E-state index in [-0.39, 0.29) is 11.7 Å². The Balaban J connectivity index is 2.83. The predicted octanol–water partition coefficient (Wildman–Crippen LogP) is 1.12. The molecule has 0 aliphatic carbocycles. The molecule has 2 N–H and O–H groups in total. The molecule has 0 bridgehead atoms. The fourth-order valence-corrected chi connectivity index (χ4v) is 1.83. The van der Waals surface area contributed by atoms with Crippen LogP contribution in [0.3, 0.4) is 0 Å². The van der Waals surface area contributed by atoms with E-state index in [0.717, 1.165) is 5.56 Å². The van der Waals surface area contributed by atoms with Gasteiger partial charge in [-0.2, -0.15) is 0 Å². The van der Waals surface area contributed by atoms with Gasteiger partial charge in [-0.3, -0.25) is 4.79 Å². The minimum absolute atomic E-state index is 0.0478. The van der Waals surface area contributed by atoms with Crippen LogP contribution in [0.15, 0.2) is 18.2 Å². The number of carbonyl (C=O) groups excluding carboxylic acids is 1. The Bertz CT molecular complexity index is 409. The van der Waals surface area contributed by atoms with E-state index in [1.807, 2.05) is 13.1 Å². The number of amides is 1.